The van der Waals surface area contributed by atoms with Gasteiger partial charge in [-0.25, -0.2) is 0 Å². The highest BCUT2D eigenvalue weighted by Crippen LogP contribution is 2.36. The number of pyridine rings is 1. The molecule has 1 saturated carbocycles. The van der Waals surface area contributed by atoms with E-state index in [0.29, 0.717) is 0 Å². The number of para-hydroxylation sites is 1. The van der Waals surface area contributed by atoms with Crippen molar-refractivity contribution in [2.24, 2.45) is 5.41 Å². The van der Waals surface area contributed by atoms with E-state index in [0.717, 1.165) is 36.0 Å². The van der Waals surface area contributed by atoms with Crippen molar-refractivity contribution in [2.75, 3.05) is 18.5 Å². The van der Waals surface area contributed by atoms with Crippen LogP contribution in [-0.4, -0.2) is 23.2 Å². The van der Waals surface area contributed by atoms with E-state index >= 15 is 0 Å². The zero-order valence-electron chi connectivity index (χ0n) is 11.8. The molecule has 0 bridgehead atoms. The van der Waals surface area contributed by atoms with Gasteiger partial charge in [0, 0.05) is 17.3 Å². The maximum Gasteiger partial charge on any atom is 0.0703 e. The zero-order chi connectivity index (χ0) is 13.8. The number of hydrogen-bond acceptors (Lipinski definition) is 3. The highest BCUT2D eigenvalue weighted by atomic mass is 16.3. The number of nitrogens with one attached hydrogen (secondary N) is 1. The van der Waals surface area contributed by atoms with Gasteiger partial charge in [0.2, 0.25) is 0 Å². The maximum atomic E-state index is 9.74. The summed E-state index contributed by atoms with van der Waals surface area (Å²) in [6.07, 6.45) is 7.90. The van der Waals surface area contributed by atoms with Crippen LogP contribution in [0.3, 0.4) is 0 Å². The van der Waals surface area contributed by atoms with Crippen molar-refractivity contribution in [2.45, 2.75) is 32.1 Å². The number of aliphatic hydroxyl groups excluding tert-OH is 1. The summed E-state index contributed by atoms with van der Waals surface area (Å²) in [4.78, 5) is 4.47. The van der Waals surface area contributed by atoms with Gasteiger partial charge in [0.1, 0.15) is 0 Å². The van der Waals surface area contributed by atoms with Crippen LogP contribution in [0.1, 0.15) is 32.1 Å². The summed E-state index contributed by atoms with van der Waals surface area (Å²) in [6.45, 7) is 1.12. The second-order valence-corrected chi connectivity index (χ2v) is 5.99. The van der Waals surface area contributed by atoms with E-state index in [4.69, 9.17) is 0 Å². The molecule has 20 heavy (non-hydrogen) atoms. The van der Waals surface area contributed by atoms with E-state index in [2.05, 4.69) is 22.4 Å². The third-order valence-electron chi connectivity index (χ3n) is 4.51. The normalized spacial score (nSPS) is 18.1. The third kappa shape index (κ3) is 2.78. The van der Waals surface area contributed by atoms with E-state index in [-0.39, 0.29) is 12.0 Å². The fourth-order valence-corrected chi connectivity index (χ4v) is 3.15. The molecule has 1 aliphatic rings. The average Bonchev–Trinajstić information content (AvgIpc) is 2.54. The van der Waals surface area contributed by atoms with Gasteiger partial charge in [-0.3, -0.25) is 4.98 Å². The molecule has 0 amide bonds. The molecule has 0 unspecified atom stereocenters. The number of anilines is 1. The summed E-state index contributed by atoms with van der Waals surface area (Å²) in [5.41, 5.74) is 2.12. The van der Waals surface area contributed by atoms with Gasteiger partial charge < -0.3 is 10.4 Å². The van der Waals surface area contributed by atoms with E-state index in [1.165, 1.54) is 19.3 Å². The first kappa shape index (κ1) is 13.4. The third-order valence-corrected chi connectivity index (χ3v) is 4.51. The van der Waals surface area contributed by atoms with Crippen molar-refractivity contribution in [3.63, 3.8) is 0 Å². The minimum absolute atomic E-state index is 0.0594. The van der Waals surface area contributed by atoms with Crippen molar-refractivity contribution in [3.05, 3.63) is 36.5 Å². The van der Waals surface area contributed by atoms with E-state index in [1.54, 1.807) is 0 Å². The molecule has 2 N–H and O–H groups in total. The lowest BCUT2D eigenvalue weighted by molar-refractivity contribution is 0.0944. The predicted molar refractivity (Wildman–Crippen MR) is 82.8 cm³/mol. The fraction of sp³-hybridized carbons (Fsp3) is 0.471. The molecule has 1 aromatic heterocycles. The Morgan fingerprint density at radius 3 is 2.75 bits per heavy atom. The molecule has 0 aliphatic heterocycles. The summed E-state index contributed by atoms with van der Waals surface area (Å²) >= 11 is 0. The molecule has 3 heteroatoms. The summed E-state index contributed by atoms with van der Waals surface area (Å²) in [7, 11) is 0. The van der Waals surface area contributed by atoms with Gasteiger partial charge in [0.25, 0.3) is 0 Å². The number of aromatic nitrogens is 1. The fourth-order valence-electron chi connectivity index (χ4n) is 3.15. The molecule has 1 aromatic carbocycles. The summed E-state index contributed by atoms with van der Waals surface area (Å²) in [5, 5.41) is 14.4. The average molecular weight is 270 g/mol. The molecule has 3 rings (SSSR count). The van der Waals surface area contributed by atoms with E-state index in [9.17, 15) is 5.11 Å². The van der Waals surface area contributed by atoms with Gasteiger partial charge in [-0.15, -0.1) is 0 Å². The van der Waals surface area contributed by atoms with Gasteiger partial charge in [-0.2, -0.15) is 0 Å². The highest BCUT2D eigenvalue weighted by Gasteiger charge is 2.31. The summed E-state index contributed by atoms with van der Waals surface area (Å²) in [5.74, 6) is 0. The van der Waals surface area contributed by atoms with Gasteiger partial charge in [0.05, 0.1) is 24.0 Å². The van der Waals surface area contributed by atoms with E-state index < -0.39 is 0 Å². The molecule has 1 aliphatic carbocycles. The second kappa shape index (κ2) is 5.80. The molecular formula is C17H22N2O. The lowest BCUT2D eigenvalue weighted by Gasteiger charge is -2.36. The number of nitrogens with zero attached hydrogens (tertiary/aromatic N) is 1. The number of fused-ring (bicyclic) bond motifs is 1. The predicted octanol–water partition coefficient (Wildman–Crippen LogP) is 3.59. The molecule has 3 nitrogen and oxygen atoms in total. The number of hydrogen-bond donors (Lipinski definition) is 2. The second-order valence-electron chi connectivity index (χ2n) is 5.99. The van der Waals surface area contributed by atoms with Crippen molar-refractivity contribution in [1.29, 1.82) is 0 Å². The lowest BCUT2D eigenvalue weighted by atomic mass is 9.74. The molecule has 0 radical (unpaired) electrons. The van der Waals surface area contributed by atoms with Crippen molar-refractivity contribution in [1.82, 2.24) is 4.98 Å². The monoisotopic (exact) mass is 270 g/mol. The minimum atomic E-state index is 0.0594. The van der Waals surface area contributed by atoms with Crippen LogP contribution in [0.15, 0.2) is 36.5 Å². The Morgan fingerprint density at radius 2 is 1.95 bits per heavy atom. The van der Waals surface area contributed by atoms with Crippen LogP contribution in [0.25, 0.3) is 10.9 Å². The molecule has 1 fully saturated rings. The Kier molecular flexibility index (Phi) is 3.88. The number of aliphatic hydroxyl groups is 1. The Morgan fingerprint density at radius 1 is 1.15 bits per heavy atom. The molecule has 0 spiro atoms. The van der Waals surface area contributed by atoms with E-state index in [1.807, 2.05) is 24.4 Å². The first-order chi connectivity index (χ1) is 9.81. The van der Waals surface area contributed by atoms with Crippen LogP contribution >= 0.6 is 0 Å². The number of benzene rings is 1. The molecule has 1 heterocycles. The van der Waals surface area contributed by atoms with Crippen molar-refractivity contribution >= 4 is 16.6 Å². The molecule has 106 valence electrons. The maximum absolute atomic E-state index is 9.74. The van der Waals surface area contributed by atoms with Crippen LogP contribution in [0.4, 0.5) is 5.69 Å². The standard InChI is InChI=1S/C17H22N2O/c20-13-17(8-4-1-5-9-17)12-19-15-10-14-6-2-3-7-16(14)18-11-15/h2-3,6-7,10-11,19-20H,1,4-5,8-9,12-13H2. The molecule has 2 aromatic rings. The van der Waals surface area contributed by atoms with Crippen molar-refractivity contribution in [3.8, 4) is 0 Å². The summed E-state index contributed by atoms with van der Waals surface area (Å²) < 4.78 is 0. The number of rotatable bonds is 4. The molecular weight excluding hydrogens is 248 g/mol. The van der Waals surface area contributed by atoms with Crippen LogP contribution in [0.2, 0.25) is 0 Å². The Hall–Kier alpha value is -1.61. The van der Waals surface area contributed by atoms with Crippen LogP contribution in [-0.2, 0) is 0 Å². The minimum Gasteiger partial charge on any atom is -0.396 e. The Bertz CT molecular complexity index is 576. The Labute approximate surface area is 120 Å². The van der Waals surface area contributed by atoms with Crippen LogP contribution < -0.4 is 5.32 Å². The molecule has 0 atom stereocenters. The first-order valence-corrected chi connectivity index (χ1v) is 7.51. The van der Waals surface area contributed by atoms with Crippen LogP contribution in [0.5, 0.6) is 0 Å². The van der Waals surface area contributed by atoms with Gasteiger partial charge in [-0.05, 0) is 25.0 Å². The van der Waals surface area contributed by atoms with Crippen molar-refractivity contribution < 1.29 is 5.11 Å². The summed E-state index contributed by atoms with van der Waals surface area (Å²) in [6, 6.07) is 10.3. The molecule has 0 saturated heterocycles. The highest BCUT2D eigenvalue weighted by molar-refractivity contribution is 5.81. The zero-order valence-corrected chi connectivity index (χ0v) is 11.8. The largest absolute Gasteiger partial charge is 0.396 e. The van der Waals surface area contributed by atoms with Gasteiger partial charge in [-0.1, -0.05) is 37.5 Å². The van der Waals surface area contributed by atoms with Gasteiger partial charge in [0.15, 0.2) is 0 Å². The smallest absolute Gasteiger partial charge is 0.0703 e. The topological polar surface area (TPSA) is 45.1 Å². The lowest BCUT2D eigenvalue weighted by Crippen LogP contribution is -2.35. The van der Waals surface area contributed by atoms with Gasteiger partial charge >= 0.3 is 0 Å². The Balaban J connectivity index is 1.72. The first-order valence-electron chi connectivity index (χ1n) is 7.51. The van der Waals surface area contributed by atoms with Crippen LogP contribution in [0, 0.1) is 5.41 Å². The SMILES string of the molecule is OCC1(CNc2cnc3ccccc3c2)CCCCC1. The quantitative estimate of drug-likeness (QED) is 0.892.